The first kappa shape index (κ1) is 13.6. The van der Waals surface area contributed by atoms with Gasteiger partial charge in [0.1, 0.15) is 6.10 Å². The van der Waals surface area contributed by atoms with E-state index in [4.69, 9.17) is 22.1 Å². The largest absolute Gasteiger partial charge is 0.487 e. The van der Waals surface area contributed by atoms with E-state index in [0.29, 0.717) is 5.02 Å². The molecule has 4 heteroatoms. The van der Waals surface area contributed by atoms with Crippen LogP contribution in [0.4, 0.5) is 4.39 Å². The Morgan fingerprint density at radius 2 is 2.11 bits per heavy atom. The first-order valence-electron chi connectivity index (χ1n) is 6.40. The van der Waals surface area contributed by atoms with Gasteiger partial charge in [-0.3, -0.25) is 0 Å². The van der Waals surface area contributed by atoms with E-state index in [-0.39, 0.29) is 23.3 Å². The second kappa shape index (κ2) is 5.06. The molecule has 0 bridgehead atoms. The molecule has 1 aliphatic carbocycles. The molecule has 2 rings (SSSR count). The Morgan fingerprint density at radius 3 is 2.61 bits per heavy atom. The maximum Gasteiger partial charge on any atom is 0.166 e. The van der Waals surface area contributed by atoms with Gasteiger partial charge in [0.25, 0.3) is 0 Å². The van der Waals surface area contributed by atoms with Crippen LogP contribution in [-0.4, -0.2) is 12.1 Å². The molecule has 0 aliphatic heterocycles. The van der Waals surface area contributed by atoms with Crippen LogP contribution < -0.4 is 10.5 Å². The van der Waals surface area contributed by atoms with Crippen LogP contribution in [-0.2, 0) is 0 Å². The van der Waals surface area contributed by atoms with Crippen LogP contribution in [0.25, 0.3) is 0 Å². The van der Waals surface area contributed by atoms with Gasteiger partial charge in [0.2, 0.25) is 0 Å². The third-order valence-electron chi connectivity index (χ3n) is 4.33. The summed E-state index contributed by atoms with van der Waals surface area (Å²) >= 11 is 5.72. The van der Waals surface area contributed by atoms with E-state index in [9.17, 15) is 4.39 Å². The average molecular weight is 272 g/mol. The molecule has 2 N–H and O–H groups in total. The predicted molar refractivity (Wildman–Crippen MR) is 71.4 cm³/mol. The number of ether oxygens (including phenoxy) is 1. The lowest BCUT2D eigenvalue weighted by Crippen LogP contribution is -2.63. The fraction of sp³-hybridized carbons (Fsp3) is 0.571. The van der Waals surface area contributed by atoms with Crippen molar-refractivity contribution in [1.82, 2.24) is 0 Å². The zero-order valence-electron chi connectivity index (χ0n) is 10.7. The van der Waals surface area contributed by atoms with E-state index in [1.54, 1.807) is 12.1 Å². The quantitative estimate of drug-likeness (QED) is 0.905. The highest BCUT2D eigenvalue weighted by Crippen LogP contribution is 2.48. The molecule has 1 saturated carbocycles. The molecule has 100 valence electrons. The van der Waals surface area contributed by atoms with Gasteiger partial charge >= 0.3 is 0 Å². The number of rotatable bonds is 4. The molecule has 1 aliphatic rings. The van der Waals surface area contributed by atoms with Crippen LogP contribution in [0.5, 0.6) is 5.75 Å². The van der Waals surface area contributed by atoms with Crippen molar-refractivity contribution in [2.75, 3.05) is 0 Å². The summed E-state index contributed by atoms with van der Waals surface area (Å²) in [6.45, 7) is 4.22. The van der Waals surface area contributed by atoms with Crippen LogP contribution in [0.15, 0.2) is 18.2 Å². The van der Waals surface area contributed by atoms with Crippen molar-refractivity contribution >= 4 is 11.6 Å². The molecule has 0 spiro atoms. The number of benzene rings is 1. The Hall–Kier alpha value is -0.800. The summed E-state index contributed by atoms with van der Waals surface area (Å²) in [7, 11) is 0. The van der Waals surface area contributed by atoms with Crippen LogP contribution in [0.3, 0.4) is 0 Å². The molecule has 18 heavy (non-hydrogen) atoms. The van der Waals surface area contributed by atoms with Crippen LogP contribution in [0.1, 0.15) is 33.1 Å². The summed E-state index contributed by atoms with van der Waals surface area (Å²) in [6, 6.07) is 4.64. The molecule has 0 amide bonds. The minimum atomic E-state index is -0.413. The lowest BCUT2D eigenvalue weighted by molar-refractivity contribution is -0.0737. The van der Waals surface area contributed by atoms with Gasteiger partial charge in [0, 0.05) is 22.9 Å². The SMILES string of the molecule is CCC1(CC)C(N)CC1Oc1ccc(Cl)cc1F. The Labute approximate surface area is 112 Å². The van der Waals surface area contributed by atoms with Crippen LogP contribution in [0.2, 0.25) is 5.02 Å². The van der Waals surface area contributed by atoms with Crippen molar-refractivity contribution in [3.8, 4) is 5.75 Å². The van der Waals surface area contributed by atoms with Crippen molar-refractivity contribution in [1.29, 1.82) is 0 Å². The lowest BCUT2D eigenvalue weighted by atomic mass is 9.59. The number of nitrogens with two attached hydrogens (primary N) is 1. The second-order valence-corrected chi connectivity index (χ2v) is 5.40. The van der Waals surface area contributed by atoms with Gasteiger partial charge < -0.3 is 10.5 Å². The van der Waals surface area contributed by atoms with Gasteiger partial charge in [0.15, 0.2) is 11.6 Å². The van der Waals surface area contributed by atoms with Gasteiger partial charge in [-0.25, -0.2) is 4.39 Å². The van der Waals surface area contributed by atoms with Crippen molar-refractivity contribution in [3.63, 3.8) is 0 Å². The highest BCUT2D eigenvalue weighted by Gasteiger charge is 2.52. The van der Waals surface area contributed by atoms with Crippen molar-refractivity contribution < 1.29 is 9.13 Å². The summed E-state index contributed by atoms with van der Waals surface area (Å²) in [5.41, 5.74) is 6.07. The predicted octanol–water partition coefficient (Wildman–Crippen LogP) is 3.76. The maximum atomic E-state index is 13.7. The Balaban J connectivity index is 2.15. The summed E-state index contributed by atoms with van der Waals surface area (Å²) in [5.74, 6) is -0.147. The minimum Gasteiger partial charge on any atom is -0.487 e. The standard InChI is InChI=1S/C14H19ClFNO/c1-3-14(4-2)12(17)8-13(14)18-11-6-5-9(15)7-10(11)16/h5-7,12-13H,3-4,8,17H2,1-2H3. The van der Waals surface area contributed by atoms with E-state index in [0.717, 1.165) is 19.3 Å². The zero-order valence-corrected chi connectivity index (χ0v) is 11.5. The highest BCUT2D eigenvalue weighted by molar-refractivity contribution is 6.30. The molecular weight excluding hydrogens is 253 g/mol. The fourth-order valence-corrected chi connectivity index (χ4v) is 3.06. The summed E-state index contributed by atoms with van der Waals surface area (Å²) in [6.07, 6.45) is 2.68. The maximum absolute atomic E-state index is 13.7. The van der Waals surface area contributed by atoms with Gasteiger partial charge in [-0.1, -0.05) is 25.4 Å². The summed E-state index contributed by atoms with van der Waals surface area (Å²) < 4.78 is 19.5. The first-order valence-corrected chi connectivity index (χ1v) is 6.78. The van der Waals surface area contributed by atoms with Gasteiger partial charge in [-0.15, -0.1) is 0 Å². The Morgan fingerprint density at radius 1 is 1.44 bits per heavy atom. The third kappa shape index (κ3) is 2.10. The molecule has 0 heterocycles. The first-order chi connectivity index (χ1) is 8.53. The monoisotopic (exact) mass is 271 g/mol. The normalized spacial score (nSPS) is 25.6. The molecular formula is C14H19ClFNO. The Kier molecular flexibility index (Phi) is 3.83. The molecule has 2 nitrogen and oxygen atoms in total. The topological polar surface area (TPSA) is 35.2 Å². The molecule has 2 atom stereocenters. The molecule has 0 radical (unpaired) electrons. The molecule has 2 unspecified atom stereocenters. The van der Waals surface area contributed by atoms with E-state index in [2.05, 4.69) is 13.8 Å². The van der Waals surface area contributed by atoms with Gasteiger partial charge in [-0.2, -0.15) is 0 Å². The van der Waals surface area contributed by atoms with E-state index in [1.165, 1.54) is 6.07 Å². The molecule has 1 aromatic carbocycles. The van der Waals surface area contributed by atoms with Crippen molar-refractivity contribution in [2.45, 2.75) is 45.3 Å². The second-order valence-electron chi connectivity index (χ2n) is 4.96. The third-order valence-corrected chi connectivity index (χ3v) is 4.56. The van der Waals surface area contributed by atoms with Crippen LogP contribution >= 0.6 is 11.6 Å². The average Bonchev–Trinajstić information content (AvgIpc) is 2.33. The number of hydrogen-bond acceptors (Lipinski definition) is 2. The van der Waals surface area contributed by atoms with E-state index in [1.807, 2.05) is 0 Å². The molecule has 0 saturated heterocycles. The zero-order chi connectivity index (χ0) is 13.3. The minimum absolute atomic E-state index is 0.00169. The summed E-state index contributed by atoms with van der Waals surface area (Å²) in [4.78, 5) is 0. The highest BCUT2D eigenvalue weighted by atomic mass is 35.5. The lowest BCUT2D eigenvalue weighted by Gasteiger charge is -2.53. The number of halogens is 2. The Bertz CT molecular complexity index is 434. The summed E-state index contributed by atoms with van der Waals surface area (Å²) in [5, 5.41) is 0.377. The van der Waals surface area contributed by atoms with Gasteiger partial charge in [0.05, 0.1) is 0 Å². The fourth-order valence-electron chi connectivity index (χ4n) is 2.90. The van der Waals surface area contributed by atoms with E-state index < -0.39 is 5.82 Å². The van der Waals surface area contributed by atoms with E-state index >= 15 is 0 Å². The van der Waals surface area contributed by atoms with Crippen molar-refractivity contribution in [2.24, 2.45) is 11.1 Å². The van der Waals surface area contributed by atoms with Gasteiger partial charge in [-0.05, 0) is 31.0 Å². The van der Waals surface area contributed by atoms with Crippen molar-refractivity contribution in [3.05, 3.63) is 29.0 Å². The molecule has 1 fully saturated rings. The molecule has 1 aromatic rings. The molecule has 0 aromatic heterocycles. The van der Waals surface area contributed by atoms with Crippen LogP contribution in [0, 0.1) is 11.2 Å². The number of hydrogen-bond donors (Lipinski definition) is 1. The smallest absolute Gasteiger partial charge is 0.166 e.